The number of hydrogen-bond donors (Lipinski definition) is 3. The molecule has 0 aliphatic heterocycles. The predicted octanol–water partition coefficient (Wildman–Crippen LogP) is 4.61. The number of methoxy groups -OCH3 is 1. The zero-order valence-corrected chi connectivity index (χ0v) is 17.2. The molecule has 30 heavy (non-hydrogen) atoms. The lowest BCUT2D eigenvalue weighted by molar-refractivity contribution is 0.191. The Labute approximate surface area is 177 Å². The van der Waals surface area contributed by atoms with Crippen LogP contribution in [-0.2, 0) is 0 Å². The molecule has 4 N–H and O–H groups in total. The first-order valence-corrected chi connectivity index (χ1v) is 10.0. The highest BCUT2D eigenvalue weighted by Gasteiger charge is 2.19. The molecule has 0 aliphatic carbocycles. The third-order valence-electron chi connectivity index (χ3n) is 4.90. The summed E-state index contributed by atoms with van der Waals surface area (Å²) in [6.07, 6.45) is 0.546. The standard InChI is InChI=1S/C22H20N4O3S/c1-12-16-11-14(19(26-22(27)28)13-4-3-5-15(10-13)29-2)6-7-18(16)30-20(12)17-8-9-24-21(23)25-17/h3-11,19,26H,1-2H3,(H,27,28)(H2,23,24,25). The fourth-order valence-corrected chi connectivity index (χ4v) is 4.63. The molecule has 2 aromatic carbocycles. The molecule has 1 unspecified atom stereocenters. The number of aryl methyl sites for hydroxylation is 1. The average molecular weight is 420 g/mol. The molecule has 0 aliphatic rings. The Hall–Kier alpha value is -3.65. The van der Waals surface area contributed by atoms with Crippen LogP contribution in [0, 0.1) is 6.92 Å². The van der Waals surface area contributed by atoms with E-state index in [-0.39, 0.29) is 5.95 Å². The molecule has 0 saturated heterocycles. The second-order valence-corrected chi connectivity index (χ2v) is 7.82. The van der Waals surface area contributed by atoms with Crippen molar-refractivity contribution in [3.63, 3.8) is 0 Å². The number of nitrogens with two attached hydrogens (primary N) is 1. The lowest BCUT2D eigenvalue weighted by atomic mass is 9.96. The van der Waals surface area contributed by atoms with Gasteiger partial charge in [0.05, 0.1) is 23.7 Å². The summed E-state index contributed by atoms with van der Waals surface area (Å²) >= 11 is 1.62. The molecule has 0 saturated carbocycles. The summed E-state index contributed by atoms with van der Waals surface area (Å²) < 4.78 is 6.39. The second kappa shape index (κ2) is 8.00. The van der Waals surface area contributed by atoms with E-state index in [2.05, 4.69) is 15.3 Å². The molecule has 152 valence electrons. The van der Waals surface area contributed by atoms with Crippen LogP contribution in [0.2, 0.25) is 0 Å². The van der Waals surface area contributed by atoms with Crippen molar-refractivity contribution in [1.82, 2.24) is 15.3 Å². The van der Waals surface area contributed by atoms with E-state index in [0.29, 0.717) is 5.75 Å². The molecule has 0 fully saturated rings. The summed E-state index contributed by atoms with van der Waals surface area (Å²) in [7, 11) is 1.58. The first kappa shape index (κ1) is 19.7. The number of ether oxygens (including phenoxy) is 1. The second-order valence-electron chi connectivity index (χ2n) is 6.77. The third-order valence-corrected chi connectivity index (χ3v) is 6.19. The van der Waals surface area contributed by atoms with Gasteiger partial charge in [0.25, 0.3) is 0 Å². The highest BCUT2D eigenvalue weighted by atomic mass is 32.1. The Morgan fingerprint density at radius 1 is 1.20 bits per heavy atom. The van der Waals surface area contributed by atoms with Crippen LogP contribution in [0.15, 0.2) is 54.7 Å². The number of nitrogens with zero attached hydrogens (tertiary/aromatic N) is 2. The Kier molecular flexibility index (Phi) is 5.24. The summed E-state index contributed by atoms with van der Waals surface area (Å²) in [5.74, 6) is 0.898. The zero-order chi connectivity index (χ0) is 21.3. The van der Waals surface area contributed by atoms with E-state index < -0.39 is 12.1 Å². The molecular formula is C22H20N4O3S. The van der Waals surface area contributed by atoms with Gasteiger partial charge in [-0.2, -0.15) is 0 Å². The van der Waals surface area contributed by atoms with Crippen LogP contribution in [0.25, 0.3) is 20.7 Å². The number of thiophene rings is 1. The van der Waals surface area contributed by atoms with Gasteiger partial charge in [0.1, 0.15) is 5.75 Å². The summed E-state index contributed by atoms with van der Waals surface area (Å²) in [6.45, 7) is 2.03. The molecule has 1 atom stereocenters. The highest BCUT2D eigenvalue weighted by molar-refractivity contribution is 7.22. The van der Waals surface area contributed by atoms with Crippen molar-refractivity contribution in [2.24, 2.45) is 0 Å². The molecule has 1 amide bonds. The van der Waals surface area contributed by atoms with Gasteiger partial charge in [0.15, 0.2) is 0 Å². The van der Waals surface area contributed by atoms with Gasteiger partial charge >= 0.3 is 6.09 Å². The van der Waals surface area contributed by atoms with Crippen molar-refractivity contribution in [1.29, 1.82) is 0 Å². The van der Waals surface area contributed by atoms with E-state index >= 15 is 0 Å². The number of anilines is 1. The van der Waals surface area contributed by atoms with Crippen LogP contribution in [-0.4, -0.2) is 28.3 Å². The Balaban J connectivity index is 1.82. The number of benzene rings is 2. The van der Waals surface area contributed by atoms with Gasteiger partial charge in [-0.3, -0.25) is 0 Å². The zero-order valence-electron chi connectivity index (χ0n) is 16.4. The van der Waals surface area contributed by atoms with Crippen LogP contribution in [0.5, 0.6) is 5.75 Å². The van der Waals surface area contributed by atoms with Gasteiger partial charge in [0, 0.05) is 10.9 Å². The molecule has 0 radical (unpaired) electrons. The smallest absolute Gasteiger partial charge is 0.405 e. The quantitative estimate of drug-likeness (QED) is 0.435. The van der Waals surface area contributed by atoms with E-state index in [9.17, 15) is 9.90 Å². The maximum Gasteiger partial charge on any atom is 0.405 e. The van der Waals surface area contributed by atoms with Gasteiger partial charge in [-0.1, -0.05) is 18.2 Å². The minimum atomic E-state index is -1.10. The number of amides is 1. The highest BCUT2D eigenvalue weighted by Crippen LogP contribution is 2.39. The Morgan fingerprint density at radius 3 is 2.73 bits per heavy atom. The van der Waals surface area contributed by atoms with E-state index in [1.165, 1.54) is 0 Å². The molecule has 7 nitrogen and oxygen atoms in total. The lowest BCUT2D eigenvalue weighted by Gasteiger charge is -2.19. The van der Waals surface area contributed by atoms with Crippen LogP contribution in [0.3, 0.4) is 0 Å². The van der Waals surface area contributed by atoms with Gasteiger partial charge in [0.2, 0.25) is 5.95 Å². The Morgan fingerprint density at radius 2 is 2.00 bits per heavy atom. The number of nitrogens with one attached hydrogen (secondary N) is 1. The normalized spacial score (nSPS) is 11.9. The van der Waals surface area contributed by atoms with Crippen molar-refractivity contribution in [2.45, 2.75) is 13.0 Å². The van der Waals surface area contributed by atoms with Crippen molar-refractivity contribution in [3.05, 3.63) is 71.4 Å². The van der Waals surface area contributed by atoms with Crippen LogP contribution in [0.1, 0.15) is 22.7 Å². The van der Waals surface area contributed by atoms with Gasteiger partial charge in [-0.15, -0.1) is 11.3 Å². The molecule has 0 bridgehead atoms. The number of hydrogen-bond acceptors (Lipinski definition) is 6. The lowest BCUT2D eigenvalue weighted by Crippen LogP contribution is -2.27. The Bertz CT molecular complexity index is 1240. The van der Waals surface area contributed by atoms with Crippen LogP contribution >= 0.6 is 11.3 Å². The van der Waals surface area contributed by atoms with Crippen molar-refractivity contribution < 1.29 is 14.6 Å². The summed E-state index contributed by atoms with van der Waals surface area (Å²) in [4.78, 5) is 20.8. The van der Waals surface area contributed by atoms with Gasteiger partial charge < -0.3 is 20.9 Å². The predicted molar refractivity (Wildman–Crippen MR) is 118 cm³/mol. The first-order chi connectivity index (χ1) is 14.5. The largest absolute Gasteiger partial charge is 0.497 e. The van der Waals surface area contributed by atoms with E-state index in [1.54, 1.807) is 24.6 Å². The maximum atomic E-state index is 11.5. The van der Waals surface area contributed by atoms with Gasteiger partial charge in [-0.25, -0.2) is 14.8 Å². The number of carboxylic acid groups (broad SMARTS) is 1. The van der Waals surface area contributed by atoms with Crippen LogP contribution < -0.4 is 15.8 Å². The first-order valence-electron chi connectivity index (χ1n) is 9.21. The monoisotopic (exact) mass is 420 g/mol. The summed E-state index contributed by atoms with van der Waals surface area (Å²) in [5, 5.41) is 13.1. The average Bonchev–Trinajstić information content (AvgIpc) is 3.08. The number of nitrogen functional groups attached to an aromatic ring is 1. The fraction of sp³-hybridized carbons (Fsp3) is 0.136. The molecule has 0 spiro atoms. The number of carbonyl (C=O) groups is 1. The third kappa shape index (κ3) is 3.77. The fourth-order valence-electron chi connectivity index (χ4n) is 3.47. The molecule has 4 rings (SSSR count). The van der Waals surface area contributed by atoms with E-state index in [4.69, 9.17) is 10.5 Å². The molecule has 2 aromatic heterocycles. The van der Waals surface area contributed by atoms with E-state index in [1.807, 2.05) is 55.5 Å². The molecule has 2 heterocycles. The van der Waals surface area contributed by atoms with Crippen molar-refractivity contribution in [2.75, 3.05) is 12.8 Å². The van der Waals surface area contributed by atoms with Crippen LogP contribution in [0.4, 0.5) is 10.7 Å². The van der Waals surface area contributed by atoms with E-state index in [0.717, 1.165) is 37.3 Å². The molecular weight excluding hydrogens is 400 g/mol. The minimum Gasteiger partial charge on any atom is -0.497 e. The number of rotatable bonds is 5. The molecule has 4 aromatic rings. The summed E-state index contributed by atoms with van der Waals surface area (Å²) in [6, 6.07) is 14.7. The van der Waals surface area contributed by atoms with Gasteiger partial charge in [-0.05, 0) is 59.3 Å². The van der Waals surface area contributed by atoms with Crippen molar-refractivity contribution >= 4 is 33.5 Å². The van der Waals surface area contributed by atoms with Crippen molar-refractivity contribution in [3.8, 4) is 16.3 Å². The maximum absolute atomic E-state index is 11.5. The topological polar surface area (TPSA) is 110 Å². The molecule has 8 heteroatoms. The minimum absolute atomic E-state index is 0.230. The number of fused-ring (bicyclic) bond motifs is 1. The summed E-state index contributed by atoms with van der Waals surface area (Å²) in [5.41, 5.74) is 9.22. The SMILES string of the molecule is COc1cccc(C(NC(=O)O)c2ccc3sc(-c4ccnc(N)n4)c(C)c3c2)c1. The number of aromatic nitrogens is 2.